The Morgan fingerprint density at radius 2 is 2.04 bits per heavy atom. The lowest BCUT2D eigenvalue weighted by atomic mass is 10.2. The van der Waals surface area contributed by atoms with Crippen molar-refractivity contribution in [3.8, 4) is 0 Å². The van der Waals surface area contributed by atoms with Crippen LogP contribution in [0.25, 0.3) is 0 Å². The molecule has 0 bridgehead atoms. The van der Waals surface area contributed by atoms with Crippen molar-refractivity contribution in [2.75, 3.05) is 17.6 Å². The predicted molar refractivity (Wildman–Crippen MR) is 111 cm³/mol. The van der Waals surface area contributed by atoms with Crippen molar-refractivity contribution in [2.45, 2.75) is 12.2 Å². The van der Waals surface area contributed by atoms with Crippen LogP contribution in [0.4, 0.5) is 10.1 Å². The van der Waals surface area contributed by atoms with E-state index in [1.54, 1.807) is 12.1 Å². The SMILES string of the molecule is Fc1cc(Br)ccc1NC(=S)NCCCSCc1ccccc1Cl. The van der Waals surface area contributed by atoms with Crippen LogP contribution in [0.2, 0.25) is 5.02 Å². The minimum atomic E-state index is -0.344. The molecule has 2 nitrogen and oxygen atoms in total. The van der Waals surface area contributed by atoms with Crippen molar-refractivity contribution in [1.82, 2.24) is 5.32 Å². The number of rotatable bonds is 7. The Hall–Kier alpha value is -0.820. The van der Waals surface area contributed by atoms with Gasteiger partial charge in [-0.1, -0.05) is 45.7 Å². The van der Waals surface area contributed by atoms with E-state index >= 15 is 0 Å². The van der Waals surface area contributed by atoms with Crippen LogP contribution in [0.15, 0.2) is 46.9 Å². The van der Waals surface area contributed by atoms with Crippen LogP contribution < -0.4 is 10.6 Å². The summed E-state index contributed by atoms with van der Waals surface area (Å²) in [4.78, 5) is 0. The van der Waals surface area contributed by atoms with Crippen molar-refractivity contribution < 1.29 is 4.39 Å². The van der Waals surface area contributed by atoms with Crippen LogP contribution in [0.1, 0.15) is 12.0 Å². The summed E-state index contributed by atoms with van der Waals surface area (Å²) in [5, 5.41) is 7.18. The molecule has 128 valence electrons. The standard InChI is InChI=1S/C17H17BrClFN2S2/c18-13-6-7-16(15(20)10-13)22-17(23)21-8-3-9-24-11-12-4-1-2-5-14(12)19/h1-2,4-7,10H,3,8-9,11H2,(H2,21,22,23). The number of halogens is 3. The average Bonchev–Trinajstić information content (AvgIpc) is 2.55. The third-order valence-electron chi connectivity index (χ3n) is 3.15. The maximum Gasteiger partial charge on any atom is 0.170 e. The molecule has 0 amide bonds. The van der Waals surface area contributed by atoms with E-state index in [0.29, 0.717) is 15.3 Å². The van der Waals surface area contributed by atoms with E-state index in [2.05, 4.69) is 26.6 Å². The molecule has 0 aliphatic carbocycles. The second-order valence-electron chi connectivity index (χ2n) is 5.00. The van der Waals surface area contributed by atoms with E-state index in [1.807, 2.05) is 36.0 Å². The lowest BCUT2D eigenvalue weighted by Gasteiger charge is -2.11. The van der Waals surface area contributed by atoms with Crippen molar-refractivity contribution in [3.05, 3.63) is 63.3 Å². The van der Waals surface area contributed by atoms with Gasteiger partial charge in [-0.25, -0.2) is 4.39 Å². The Morgan fingerprint density at radius 3 is 2.79 bits per heavy atom. The van der Waals surface area contributed by atoms with E-state index in [9.17, 15) is 4.39 Å². The van der Waals surface area contributed by atoms with E-state index < -0.39 is 0 Å². The van der Waals surface area contributed by atoms with Gasteiger partial charge >= 0.3 is 0 Å². The molecule has 2 aromatic rings. The number of hydrogen-bond donors (Lipinski definition) is 2. The molecule has 0 aliphatic rings. The number of anilines is 1. The van der Waals surface area contributed by atoms with Crippen LogP contribution >= 0.6 is 51.5 Å². The highest BCUT2D eigenvalue weighted by molar-refractivity contribution is 9.10. The molecule has 0 spiro atoms. The molecule has 7 heteroatoms. The summed E-state index contributed by atoms with van der Waals surface area (Å²) in [6, 6.07) is 12.7. The summed E-state index contributed by atoms with van der Waals surface area (Å²) >= 11 is 16.3. The fourth-order valence-electron chi connectivity index (χ4n) is 1.93. The Kier molecular flexibility index (Phi) is 8.32. The van der Waals surface area contributed by atoms with Crippen molar-refractivity contribution in [2.24, 2.45) is 0 Å². The Morgan fingerprint density at radius 1 is 1.25 bits per heavy atom. The first-order valence-electron chi connectivity index (χ1n) is 7.37. The van der Waals surface area contributed by atoms with E-state index in [4.69, 9.17) is 23.8 Å². The zero-order chi connectivity index (χ0) is 17.4. The number of hydrogen-bond acceptors (Lipinski definition) is 2. The van der Waals surface area contributed by atoms with Gasteiger partial charge in [-0.3, -0.25) is 0 Å². The third-order valence-corrected chi connectivity index (χ3v) is 5.35. The van der Waals surface area contributed by atoms with Gasteiger partial charge < -0.3 is 10.6 Å². The quantitative estimate of drug-likeness (QED) is 0.410. The van der Waals surface area contributed by atoms with Crippen LogP contribution in [0.3, 0.4) is 0 Å². The molecular weight excluding hydrogens is 431 g/mol. The van der Waals surface area contributed by atoms with Gasteiger partial charge in [0.2, 0.25) is 0 Å². The molecular formula is C17H17BrClFN2S2. The Labute approximate surface area is 164 Å². The maximum atomic E-state index is 13.7. The Bertz CT molecular complexity index is 700. The maximum absolute atomic E-state index is 13.7. The van der Waals surface area contributed by atoms with Crippen LogP contribution in [0, 0.1) is 5.82 Å². The molecule has 24 heavy (non-hydrogen) atoms. The van der Waals surface area contributed by atoms with Crippen LogP contribution in [-0.2, 0) is 5.75 Å². The molecule has 2 aromatic carbocycles. The molecule has 0 aliphatic heterocycles. The first kappa shape index (κ1) is 19.5. The summed E-state index contributed by atoms with van der Waals surface area (Å²) in [6.07, 6.45) is 0.958. The van der Waals surface area contributed by atoms with Gasteiger partial charge in [0, 0.05) is 21.8 Å². The number of benzene rings is 2. The highest BCUT2D eigenvalue weighted by Crippen LogP contribution is 2.21. The molecule has 0 radical (unpaired) electrons. The largest absolute Gasteiger partial charge is 0.362 e. The van der Waals surface area contributed by atoms with E-state index in [-0.39, 0.29) is 5.82 Å². The average molecular weight is 448 g/mol. The summed E-state index contributed by atoms with van der Waals surface area (Å²) in [5.74, 6) is 1.55. The monoisotopic (exact) mass is 446 g/mol. The van der Waals surface area contributed by atoms with Gasteiger partial charge in [0.1, 0.15) is 5.82 Å². The lowest BCUT2D eigenvalue weighted by molar-refractivity contribution is 0.631. The normalized spacial score (nSPS) is 10.5. The summed E-state index contributed by atoms with van der Waals surface area (Å²) < 4.78 is 14.4. The second kappa shape index (κ2) is 10.2. The molecule has 0 saturated carbocycles. The van der Waals surface area contributed by atoms with Crippen LogP contribution in [-0.4, -0.2) is 17.4 Å². The summed E-state index contributed by atoms with van der Waals surface area (Å²) in [7, 11) is 0. The molecule has 0 atom stereocenters. The van der Waals surface area contributed by atoms with Gasteiger partial charge in [-0.05, 0) is 54.2 Å². The highest BCUT2D eigenvalue weighted by atomic mass is 79.9. The highest BCUT2D eigenvalue weighted by Gasteiger charge is 2.04. The number of nitrogens with one attached hydrogen (secondary N) is 2. The smallest absolute Gasteiger partial charge is 0.170 e. The first-order valence-corrected chi connectivity index (χ1v) is 10.1. The molecule has 2 N–H and O–H groups in total. The Balaban J connectivity index is 1.62. The molecule has 0 heterocycles. The fraction of sp³-hybridized carbons (Fsp3) is 0.235. The summed E-state index contributed by atoms with van der Waals surface area (Å²) in [6.45, 7) is 0.736. The van der Waals surface area contributed by atoms with E-state index in [1.165, 1.54) is 6.07 Å². The topological polar surface area (TPSA) is 24.1 Å². The number of thiocarbonyl (C=S) groups is 1. The summed E-state index contributed by atoms with van der Waals surface area (Å²) in [5.41, 5.74) is 1.52. The second-order valence-corrected chi connectivity index (χ2v) is 7.84. The van der Waals surface area contributed by atoms with Gasteiger partial charge in [-0.2, -0.15) is 11.8 Å². The third kappa shape index (κ3) is 6.59. The minimum Gasteiger partial charge on any atom is -0.362 e. The minimum absolute atomic E-state index is 0.344. The van der Waals surface area contributed by atoms with Gasteiger partial charge in [0.15, 0.2) is 5.11 Å². The van der Waals surface area contributed by atoms with Gasteiger partial charge in [0.05, 0.1) is 5.69 Å². The van der Waals surface area contributed by atoms with Gasteiger partial charge in [-0.15, -0.1) is 0 Å². The van der Waals surface area contributed by atoms with E-state index in [0.717, 1.165) is 35.1 Å². The van der Waals surface area contributed by atoms with Gasteiger partial charge in [0.25, 0.3) is 0 Å². The van der Waals surface area contributed by atoms with Crippen molar-refractivity contribution in [3.63, 3.8) is 0 Å². The first-order chi connectivity index (χ1) is 11.6. The molecule has 0 unspecified atom stereocenters. The van der Waals surface area contributed by atoms with Crippen molar-refractivity contribution in [1.29, 1.82) is 0 Å². The zero-order valence-corrected chi connectivity index (χ0v) is 16.8. The molecule has 2 rings (SSSR count). The van der Waals surface area contributed by atoms with Crippen LogP contribution in [0.5, 0.6) is 0 Å². The lowest BCUT2D eigenvalue weighted by Crippen LogP contribution is -2.29. The predicted octanol–water partition coefficient (Wildman–Crippen LogP) is 5.85. The van der Waals surface area contributed by atoms with Crippen molar-refractivity contribution >= 4 is 62.3 Å². The fourth-order valence-corrected chi connectivity index (χ4v) is 3.72. The molecule has 0 saturated heterocycles. The number of thioether (sulfide) groups is 1. The molecule has 0 aromatic heterocycles. The zero-order valence-electron chi connectivity index (χ0n) is 12.8. The molecule has 0 fully saturated rings.